The van der Waals surface area contributed by atoms with Crippen LogP contribution in [0.3, 0.4) is 0 Å². The number of fused-ring (bicyclic) bond motifs is 2. The normalized spacial score (nSPS) is 25.0. The third-order valence-electron chi connectivity index (χ3n) is 7.78. The van der Waals surface area contributed by atoms with Crippen LogP contribution in [0.25, 0.3) is 5.70 Å². The van der Waals surface area contributed by atoms with Crippen molar-refractivity contribution in [1.29, 1.82) is 0 Å². The maximum Gasteiger partial charge on any atom is 0.0677 e. The van der Waals surface area contributed by atoms with E-state index in [4.69, 9.17) is 4.99 Å². The quantitative estimate of drug-likeness (QED) is 0.658. The van der Waals surface area contributed by atoms with E-state index in [-0.39, 0.29) is 11.1 Å². The molecule has 2 heteroatoms. The molecule has 6 rings (SSSR count). The summed E-state index contributed by atoms with van der Waals surface area (Å²) in [5, 5.41) is 4.02. The number of benzene rings is 2. The summed E-state index contributed by atoms with van der Waals surface area (Å²) in [6.45, 7) is 0. The lowest BCUT2D eigenvalue weighted by molar-refractivity contribution is 0.370. The Bertz CT molecular complexity index is 1000. The van der Waals surface area contributed by atoms with Gasteiger partial charge in [-0.15, -0.1) is 0 Å². The van der Waals surface area contributed by atoms with Gasteiger partial charge in [-0.05, 0) is 55.7 Å². The maximum absolute atomic E-state index is 5.44. The SMILES string of the molecule is C(/C1=NC2(CCCC2)Cc2ccccc21)=C1/NC2(CCCC2)Cc2ccccc21. The number of hydrogen-bond donors (Lipinski definition) is 1. The largest absolute Gasteiger partial charge is 0.379 e. The fraction of sp³-hybridized carbons (Fsp3) is 0.444. The summed E-state index contributed by atoms with van der Waals surface area (Å²) in [5.41, 5.74) is 8.56. The van der Waals surface area contributed by atoms with Gasteiger partial charge in [-0.25, -0.2) is 0 Å². The lowest BCUT2D eigenvalue weighted by atomic mass is 9.80. The van der Waals surface area contributed by atoms with Crippen LogP contribution in [0.5, 0.6) is 0 Å². The van der Waals surface area contributed by atoms with E-state index in [9.17, 15) is 0 Å². The Labute approximate surface area is 174 Å². The fourth-order valence-corrected chi connectivity index (χ4v) is 6.37. The highest BCUT2D eigenvalue weighted by Gasteiger charge is 2.40. The van der Waals surface area contributed by atoms with Gasteiger partial charge in [0.15, 0.2) is 0 Å². The number of hydrogen-bond acceptors (Lipinski definition) is 2. The first-order chi connectivity index (χ1) is 14.2. The fourth-order valence-electron chi connectivity index (χ4n) is 6.37. The van der Waals surface area contributed by atoms with Crippen molar-refractivity contribution in [2.45, 2.75) is 75.3 Å². The van der Waals surface area contributed by atoms with E-state index >= 15 is 0 Å². The molecule has 2 nitrogen and oxygen atoms in total. The number of nitrogens with zero attached hydrogens (tertiary/aromatic N) is 1. The highest BCUT2D eigenvalue weighted by Crippen LogP contribution is 2.42. The van der Waals surface area contributed by atoms with E-state index in [1.54, 1.807) is 0 Å². The number of nitrogens with one attached hydrogen (secondary N) is 1. The van der Waals surface area contributed by atoms with E-state index in [0.29, 0.717) is 0 Å². The molecule has 0 aromatic heterocycles. The molecule has 1 N–H and O–H groups in total. The van der Waals surface area contributed by atoms with Crippen LogP contribution in [-0.2, 0) is 12.8 Å². The third-order valence-corrected chi connectivity index (χ3v) is 7.78. The van der Waals surface area contributed by atoms with Crippen LogP contribution in [0.1, 0.15) is 73.6 Å². The van der Waals surface area contributed by atoms with Crippen LogP contribution >= 0.6 is 0 Å². The van der Waals surface area contributed by atoms with E-state index in [1.807, 2.05) is 0 Å². The molecular weight excluding hydrogens is 352 g/mol. The lowest BCUT2D eigenvalue weighted by Gasteiger charge is -2.39. The first-order valence-corrected chi connectivity index (χ1v) is 11.5. The summed E-state index contributed by atoms with van der Waals surface area (Å²) in [6, 6.07) is 18.0. The van der Waals surface area contributed by atoms with Crippen molar-refractivity contribution in [2.24, 2.45) is 4.99 Å². The van der Waals surface area contributed by atoms with Crippen LogP contribution in [0.4, 0.5) is 0 Å². The molecule has 0 amide bonds. The molecule has 2 heterocycles. The molecule has 0 bridgehead atoms. The summed E-state index contributed by atoms with van der Waals surface area (Å²) < 4.78 is 0. The summed E-state index contributed by atoms with van der Waals surface area (Å²) in [6.07, 6.45) is 15.0. The molecule has 2 aromatic carbocycles. The third kappa shape index (κ3) is 2.96. The van der Waals surface area contributed by atoms with Gasteiger partial charge in [0.2, 0.25) is 0 Å². The van der Waals surface area contributed by atoms with Gasteiger partial charge in [-0.1, -0.05) is 74.2 Å². The first kappa shape index (κ1) is 17.5. The van der Waals surface area contributed by atoms with Gasteiger partial charge < -0.3 is 5.32 Å². The molecule has 2 fully saturated rings. The average Bonchev–Trinajstić information content (AvgIpc) is 3.38. The predicted molar refractivity (Wildman–Crippen MR) is 120 cm³/mol. The molecule has 4 aliphatic rings. The summed E-state index contributed by atoms with van der Waals surface area (Å²) in [5.74, 6) is 0. The Hall–Kier alpha value is -2.35. The minimum absolute atomic E-state index is 0.139. The van der Waals surface area contributed by atoms with Gasteiger partial charge in [0.1, 0.15) is 0 Å². The second kappa shape index (κ2) is 6.58. The van der Waals surface area contributed by atoms with Crippen molar-refractivity contribution >= 4 is 11.4 Å². The Balaban J connectivity index is 1.49. The zero-order valence-corrected chi connectivity index (χ0v) is 17.2. The molecule has 2 aliphatic heterocycles. The molecule has 2 aromatic rings. The van der Waals surface area contributed by atoms with Crippen molar-refractivity contribution in [1.82, 2.24) is 5.32 Å². The van der Waals surface area contributed by atoms with Gasteiger partial charge in [0, 0.05) is 22.4 Å². The summed E-state index contributed by atoms with van der Waals surface area (Å²) in [4.78, 5) is 5.44. The van der Waals surface area contributed by atoms with Gasteiger partial charge in [-0.2, -0.15) is 0 Å². The molecule has 0 radical (unpaired) electrons. The Morgan fingerprint density at radius 1 is 0.724 bits per heavy atom. The summed E-state index contributed by atoms with van der Waals surface area (Å²) >= 11 is 0. The summed E-state index contributed by atoms with van der Waals surface area (Å²) in [7, 11) is 0. The van der Waals surface area contributed by atoms with E-state index in [2.05, 4.69) is 59.9 Å². The van der Waals surface area contributed by atoms with E-state index in [0.717, 1.165) is 12.8 Å². The molecule has 2 aliphatic carbocycles. The van der Waals surface area contributed by atoms with Crippen LogP contribution in [0.15, 0.2) is 59.6 Å². The first-order valence-electron chi connectivity index (χ1n) is 11.5. The number of allylic oxidation sites excluding steroid dienone is 1. The van der Waals surface area contributed by atoms with Gasteiger partial charge >= 0.3 is 0 Å². The molecule has 0 saturated heterocycles. The van der Waals surface area contributed by atoms with Gasteiger partial charge in [0.05, 0.1) is 11.3 Å². The van der Waals surface area contributed by atoms with E-state index in [1.165, 1.54) is 85.0 Å². The van der Waals surface area contributed by atoms with Crippen molar-refractivity contribution in [3.63, 3.8) is 0 Å². The van der Waals surface area contributed by atoms with Crippen molar-refractivity contribution in [3.8, 4) is 0 Å². The smallest absolute Gasteiger partial charge is 0.0677 e. The molecule has 0 atom stereocenters. The van der Waals surface area contributed by atoms with Gasteiger partial charge in [-0.3, -0.25) is 4.99 Å². The van der Waals surface area contributed by atoms with Crippen LogP contribution < -0.4 is 5.32 Å². The molecule has 2 saturated carbocycles. The lowest BCUT2D eigenvalue weighted by Crippen LogP contribution is -2.47. The monoisotopic (exact) mass is 382 g/mol. The standard InChI is InChI=1S/C27H30N2/c1-3-11-22-20(9-1)18-26(13-5-6-14-26)28-24(22)17-25-23-12-4-2-10-21(23)19-27(29-25)15-7-8-16-27/h1-4,9-12,17,28H,5-8,13-16,18-19H2/b24-17-. The van der Waals surface area contributed by atoms with Gasteiger partial charge in [0.25, 0.3) is 0 Å². The number of rotatable bonds is 1. The molecular formula is C27H30N2. The molecule has 148 valence electrons. The van der Waals surface area contributed by atoms with Crippen molar-refractivity contribution in [3.05, 3.63) is 76.9 Å². The Morgan fingerprint density at radius 3 is 2.10 bits per heavy atom. The Morgan fingerprint density at radius 2 is 1.34 bits per heavy atom. The zero-order chi connectivity index (χ0) is 19.3. The second-order valence-corrected chi connectivity index (χ2v) is 9.77. The van der Waals surface area contributed by atoms with Crippen molar-refractivity contribution in [2.75, 3.05) is 0 Å². The topological polar surface area (TPSA) is 24.4 Å². The van der Waals surface area contributed by atoms with Crippen LogP contribution in [0, 0.1) is 0 Å². The molecule has 29 heavy (non-hydrogen) atoms. The number of aliphatic imine (C=N–C) groups is 1. The minimum Gasteiger partial charge on any atom is -0.379 e. The predicted octanol–water partition coefficient (Wildman–Crippen LogP) is 5.84. The van der Waals surface area contributed by atoms with Crippen molar-refractivity contribution < 1.29 is 0 Å². The molecule has 2 spiro atoms. The zero-order valence-electron chi connectivity index (χ0n) is 17.2. The highest BCUT2D eigenvalue weighted by atomic mass is 15.0. The van der Waals surface area contributed by atoms with Crippen LogP contribution in [-0.4, -0.2) is 16.8 Å². The molecule has 0 unspecified atom stereocenters. The maximum atomic E-state index is 5.44. The second-order valence-electron chi connectivity index (χ2n) is 9.77. The van der Waals surface area contributed by atoms with Crippen LogP contribution in [0.2, 0.25) is 0 Å². The Kier molecular flexibility index (Phi) is 3.97. The van der Waals surface area contributed by atoms with E-state index < -0.39 is 0 Å². The average molecular weight is 383 g/mol. The minimum atomic E-state index is 0.139. The highest BCUT2D eigenvalue weighted by molar-refractivity contribution is 6.14.